The lowest BCUT2D eigenvalue weighted by atomic mass is 9.97. The van der Waals surface area contributed by atoms with Crippen molar-refractivity contribution < 1.29 is 19.1 Å². The average Bonchev–Trinajstić information content (AvgIpc) is 2.67. The number of carbonyl (C=O) groups is 3. The number of esters is 1. The van der Waals surface area contributed by atoms with Crippen molar-refractivity contribution in [2.24, 2.45) is 5.92 Å². The molecule has 1 saturated heterocycles. The molecule has 1 aromatic heterocycles. The number of ether oxygens (including phenoxy) is 1. The molecule has 1 aromatic rings. The largest absolute Gasteiger partial charge is 0.452 e. The molecule has 0 unspecified atom stereocenters. The van der Waals surface area contributed by atoms with E-state index in [0.29, 0.717) is 25.1 Å². The highest BCUT2D eigenvalue weighted by Crippen LogP contribution is 2.21. The molecule has 28 heavy (non-hydrogen) atoms. The number of amides is 2. The van der Waals surface area contributed by atoms with Gasteiger partial charge >= 0.3 is 5.97 Å². The van der Waals surface area contributed by atoms with Gasteiger partial charge in [-0.3, -0.25) is 19.4 Å². The zero-order chi connectivity index (χ0) is 20.8. The second-order valence-corrected chi connectivity index (χ2v) is 7.84. The molecule has 0 aliphatic carbocycles. The van der Waals surface area contributed by atoms with E-state index in [1.54, 1.807) is 41.2 Å². The van der Waals surface area contributed by atoms with Crippen molar-refractivity contribution >= 4 is 17.8 Å². The Morgan fingerprint density at radius 3 is 2.29 bits per heavy atom. The highest BCUT2D eigenvalue weighted by molar-refractivity contribution is 5.94. The Balaban J connectivity index is 1.98. The monoisotopic (exact) mass is 389 g/mol. The van der Waals surface area contributed by atoms with E-state index >= 15 is 0 Å². The Morgan fingerprint density at radius 2 is 1.71 bits per heavy atom. The summed E-state index contributed by atoms with van der Waals surface area (Å²) in [5.41, 5.74) is 0.553. The molecule has 1 aliphatic rings. The maximum Gasteiger partial charge on any atom is 0.311 e. The van der Waals surface area contributed by atoms with Crippen LogP contribution in [-0.4, -0.2) is 63.8 Å². The van der Waals surface area contributed by atoms with Gasteiger partial charge in [0.15, 0.2) is 6.10 Å². The van der Waals surface area contributed by atoms with E-state index in [0.717, 1.165) is 6.42 Å². The van der Waals surface area contributed by atoms with E-state index in [1.807, 2.05) is 27.7 Å². The van der Waals surface area contributed by atoms with Gasteiger partial charge in [0, 0.05) is 43.1 Å². The minimum absolute atomic E-state index is 0.0248. The van der Waals surface area contributed by atoms with Crippen molar-refractivity contribution in [2.45, 2.75) is 65.6 Å². The number of pyridine rings is 1. The molecule has 0 N–H and O–H groups in total. The number of nitrogens with zero attached hydrogens (tertiary/aromatic N) is 3. The number of hydrogen-bond donors (Lipinski definition) is 0. The van der Waals surface area contributed by atoms with Crippen LogP contribution in [0.1, 0.15) is 57.8 Å². The van der Waals surface area contributed by atoms with Gasteiger partial charge in [0.1, 0.15) is 0 Å². The Kier molecular flexibility index (Phi) is 7.54. The van der Waals surface area contributed by atoms with Gasteiger partial charge in [0.2, 0.25) is 0 Å². The predicted octanol–water partition coefficient (Wildman–Crippen LogP) is 2.51. The lowest BCUT2D eigenvalue weighted by Crippen LogP contribution is -2.48. The van der Waals surface area contributed by atoms with Gasteiger partial charge in [-0.2, -0.15) is 0 Å². The van der Waals surface area contributed by atoms with Crippen molar-refractivity contribution in [3.8, 4) is 0 Å². The highest BCUT2D eigenvalue weighted by atomic mass is 16.5. The van der Waals surface area contributed by atoms with Gasteiger partial charge in [-0.15, -0.1) is 0 Å². The molecule has 1 aliphatic heterocycles. The Hall–Kier alpha value is -2.44. The first-order chi connectivity index (χ1) is 13.2. The second-order valence-electron chi connectivity index (χ2n) is 7.84. The van der Waals surface area contributed by atoms with E-state index in [-0.39, 0.29) is 23.9 Å². The number of carbonyl (C=O) groups excluding carboxylic acids is 3. The van der Waals surface area contributed by atoms with Crippen molar-refractivity contribution in [1.82, 2.24) is 14.8 Å². The highest BCUT2D eigenvalue weighted by Gasteiger charge is 2.33. The third-order valence-electron chi connectivity index (χ3n) is 4.98. The van der Waals surface area contributed by atoms with Crippen LogP contribution >= 0.6 is 0 Å². The zero-order valence-electron chi connectivity index (χ0n) is 17.4. The maximum absolute atomic E-state index is 12.7. The smallest absolute Gasteiger partial charge is 0.311 e. The van der Waals surface area contributed by atoms with Gasteiger partial charge in [-0.05, 0) is 59.6 Å². The van der Waals surface area contributed by atoms with Crippen LogP contribution in [0.3, 0.4) is 0 Å². The SMILES string of the molecule is CC(C)N(C(=O)[C@H](C)OC(=O)[C@H]1CCCN(C(=O)c2ccncc2)C1)C(C)C. The Labute approximate surface area is 167 Å². The molecular formula is C21H31N3O4. The maximum atomic E-state index is 12.7. The van der Waals surface area contributed by atoms with Gasteiger partial charge < -0.3 is 14.5 Å². The molecule has 2 atom stereocenters. The Morgan fingerprint density at radius 1 is 1.11 bits per heavy atom. The first-order valence-corrected chi connectivity index (χ1v) is 9.94. The molecule has 0 spiro atoms. The quantitative estimate of drug-likeness (QED) is 0.699. The van der Waals surface area contributed by atoms with Crippen LogP contribution in [0.4, 0.5) is 0 Å². The van der Waals surface area contributed by atoms with Crippen LogP contribution in [0.2, 0.25) is 0 Å². The number of likely N-dealkylation sites (tertiary alicyclic amines) is 1. The Bertz CT molecular complexity index is 682. The molecule has 0 saturated carbocycles. The molecule has 154 valence electrons. The van der Waals surface area contributed by atoms with Crippen LogP contribution in [-0.2, 0) is 14.3 Å². The van der Waals surface area contributed by atoms with Crippen LogP contribution in [0.25, 0.3) is 0 Å². The van der Waals surface area contributed by atoms with Crippen molar-refractivity contribution in [2.75, 3.05) is 13.1 Å². The first kappa shape index (κ1) is 21.9. The van der Waals surface area contributed by atoms with Gasteiger partial charge in [-0.25, -0.2) is 0 Å². The fourth-order valence-corrected chi connectivity index (χ4v) is 3.67. The van der Waals surface area contributed by atoms with Crippen LogP contribution in [0.15, 0.2) is 24.5 Å². The molecule has 0 aromatic carbocycles. The minimum Gasteiger partial charge on any atom is -0.452 e. The molecular weight excluding hydrogens is 358 g/mol. The molecule has 2 heterocycles. The summed E-state index contributed by atoms with van der Waals surface area (Å²) in [6.45, 7) is 10.3. The molecule has 2 amide bonds. The third-order valence-corrected chi connectivity index (χ3v) is 4.98. The van der Waals surface area contributed by atoms with Crippen molar-refractivity contribution in [1.29, 1.82) is 0 Å². The van der Waals surface area contributed by atoms with Crippen molar-refractivity contribution in [3.05, 3.63) is 30.1 Å². The van der Waals surface area contributed by atoms with Gasteiger partial charge in [0.25, 0.3) is 11.8 Å². The zero-order valence-corrected chi connectivity index (χ0v) is 17.4. The van der Waals surface area contributed by atoms with Gasteiger partial charge in [-0.1, -0.05) is 0 Å². The third kappa shape index (κ3) is 5.30. The van der Waals surface area contributed by atoms with E-state index in [2.05, 4.69) is 4.98 Å². The van der Waals surface area contributed by atoms with Crippen molar-refractivity contribution in [3.63, 3.8) is 0 Å². The summed E-state index contributed by atoms with van der Waals surface area (Å²) in [5, 5.41) is 0. The number of aromatic nitrogens is 1. The molecule has 7 heteroatoms. The van der Waals surface area contributed by atoms with E-state index in [4.69, 9.17) is 4.74 Å². The summed E-state index contributed by atoms with van der Waals surface area (Å²) < 4.78 is 5.49. The summed E-state index contributed by atoms with van der Waals surface area (Å²) in [7, 11) is 0. The topological polar surface area (TPSA) is 79.8 Å². The first-order valence-electron chi connectivity index (χ1n) is 9.94. The number of rotatable bonds is 6. The molecule has 2 rings (SSSR count). The number of piperidine rings is 1. The normalized spacial score (nSPS) is 18.1. The van der Waals surface area contributed by atoms with Crippen LogP contribution in [0, 0.1) is 5.92 Å². The lowest BCUT2D eigenvalue weighted by Gasteiger charge is -2.34. The summed E-state index contributed by atoms with van der Waals surface area (Å²) in [4.78, 5) is 45.3. The van der Waals surface area contributed by atoms with Crippen LogP contribution in [0.5, 0.6) is 0 Å². The molecule has 1 fully saturated rings. The minimum atomic E-state index is -0.844. The molecule has 7 nitrogen and oxygen atoms in total. The van der Waals surface area contributed by atoms with E-state index in [1.165, 1.54) is 0 Å². The standard InChI is InChI=1S/C21H31N3O4/c1-14(2)24(15(3)4)19(25)16(5)28-21(27)18-7-6-12-23(13-18)20(26)17-8-10-22-11-9-17/h8-11,14-16,18H,6-7,12-13H2,1-5H3/t16-,18-/m0/s1. The fourth-order valence-electron chi connectivity index (χ4n) is 3.67. The summed E-state index contributed by atoms with van der Waals surface area (Å²) >= 11 is 0. The lowest BCUT2D eigenvalue weighted by molar-refractivity contribution is -0.165. The fraction of sp³-hybridized carbons (Fsp3) is 0.619. The number of hydrogen-bond acceptors (Lipinski definition) is 5. The van der Waals surface area contributed by atoms with E-state index < -0.39 is 18.0 Å². The predicted molar refractivity (Wildman–Crippen MR) is 106 cm³/mol. The summed E-state index contributed by atoms with van der Waals surface area (Å²) in [6, 6.07) is 3.38. The average molecular weight is 389 g/mol. The van der Waals surface area contributed by atoms with E-state index in [9.17, 15) is 14.4 Å². The summed E-state index contributed by atoms with van der Waals surface area (Å²) in [6.07, 6.45) is 3.68. The second kappa shape index (κ2) is 9.66. The summed E-state index contributed by atoms with van der Waals surface area (Å²) in [5.74, 6) is -1.14. The van der Waals surface area contributed by atoms with Crippen LogP contribution < -0.4 is 0 Å². The molecule has 0 bridgehead atoms. The molecule has 0 radical (unpaired) electrons. The van der Waals surface area contributed by atoms with Gasteiger partial charge in [0.05, 0.1) is 5.92 Å².